The molecular weight excluding hydrogens is 428 g/mol. The van der Waals surface area contributed by atoms with Gasteiger partial charge in [0.2, 0.25) is 0 Å². The molecule has 0 saturated heterocycles. The van der Waals surface area contributed by atoms with Crippen molar-refractivity contribution < 1.29 is 33.4 Å². The van der Waals surface area contributed by atoms with Crippen LogP contribution in [0.5, 0.6) is 0 Å². The van der Waals surface area contributed by atoms with Crippen molar-refractivity contribution in [3.8, 4) is 0 Å². The van der Waals surface area contributed by atoms with E-state index in [2.05, 4.69) is 3.63 Å². The van der Waals surface area contributed by atoms with Crippen LogP contribution in [0.1, 0.15) is 5.56 Å². The van der Waals surface area contributed by atoms with Crippen LogP contribution in [0.25, 0.3) is 10.8 Å². The Morgan fingerprint density at radius 2 is 1.18 bits per heavy atom. The minimum absolute atomic E-state index is 0.0950. The largest absolute Gasteiger partial charge is 0.312 e. The van der Waals surface area contributed by atoms with E-state index in [9.17, 15) is 29.8 Å². The minimum atomic E-state index is -4.83. The Labute approximate surface area is 162 Å². The van der Waals surface area contributed by atoms with Gasteiger partial charge in [0, 0.05) is 10.8 Å². The monoisotopic (exact) mass is 442 g/mol. The Balaban J connectivity index is 2.15. The van der Waals surface area contributed by atoms with Crippen molar-refractivity contribution in [3.05, 3.63) is 66.2 Å². The molecule has 11 heteroatoms. The molecule has 0 spiro atoms. The fraction of sp³-hybridized carbons (Fsp3) is 0.0588. The molecule has 0 bridgehead atoms. The topological polar surface area (TPSA) is 132 Å². The van der Waals surface area contributed by atoms with Gasteiger partial charge in [-0.2, -0.15) is 25.3 Å². The molecule has 0 aromatic heterocycles. The second-order valence-electron chi connectivity index (χ2n) is 5.87. The Hall–Kier alpha value is -2.31. The van der Waals surface area contributed by atoms with Crippen molar-refractivity contribution in [2.75, 3.05) is 0 Å². The van der Waals surface area contributed by atoms with E-state index in [-0.39, 0.29) is 15.7 Å². The molecular formula is C17H14O8S3. The van der Waals surface area contributed by atoms with Crippen LogP contribution >= 0.6 is 0 Å². The van der Waals surface area contributed by atoms with E-state index in [0.717, 1.165) is 17.7 Å². The van der Waals surface area contributed by atoms with E-state index in [1.54, 1.807) is 6.92 Å². The van der Waals surface area contributed by atoms with Gasteiger partial charge in [-0.25, -0.2) is 0 Å². The van der Waals surface area contributed by atoms with Gasteiger partial charge < -0.3 is 0 Å². The van der Waals surface area contributed by atoms with Crippen LogP contribution in [0.4, 0.5) is 0 Å². The summed E-state index contributed by atoms with van der Waals surface area (Å²) in [5, 5.41) is -0.209. The van der Waals surface area contributed by atoms with Crippen LogP contribution in [0, 0.1) is 6.92 Å². The lowest BCUT2D eigenvalue weighted by molar-refractivity contribution is 0.462. The number of benzene rings is 3. The Kier molecular flexibility index (Phi) is 5.06. The molecule has 28 heavy (non-hydrogen) atoms. The highest BCUT2D eigenvalue weighted by atomic mass is 32.3. The highest BCUT2D eigenvalue weighted by Crippen LogP contribution is 2.30. The lowest BCUT2D eigenvalue weighted by atomic mass is 10.1. The number of hydrogen-bond acceptors (Lipinski definition) is 7. The van der Waals surface area contributed by atoms with Gasteiger partial charge in [-0.05, 0) is 31.2 Å². The molecule has 1 N–H and O–H groups in total. The van der Waals surface area contributed by atoms with Crippen LogP contribution in [0.2, 0.25) is 0 Å². The van der Waals surface area contributed by atoms with Gasteiger partial charge in [0.1, 0.15) is 9.79 Å². The summed E-state index contributed by atoms with van der Waals surface area (Å²) in [6, 6.07) is 12.6. The third-order valence-corrected chi connectivity index (χ3v) is 7.97. The summed E-state index contributed by atoms with van der Waals surface area (Å²) in [5.74, 6) is 0. The molecule has 0 heterocycles. The Morgan fingerprint density at radius 3 is 1.71 bits per heavy atom. The molecule has 3 aromatic carbocycles. The van der Waals surface area contributed by atoms with E-state index in [0.29, 0.717) is 0 Å². The molecule has 3 rings (SSSR count). The summed E-state index contributed by atoms with van der Waals surface area (Å²) in [6.45, 7) is 1.73. The van der Waals surface area contributed by atoms with Crippen molar-refractivity contribution in [3.63, 3.8) is 0 Å². The van der Waals surface area contributed by atoms with Crippen molar-refractivity contribution >= 4 is 41.1 Å². The summed E-state index contributed by atoms with van der Waals surface area (Å²) < 4.78 is 86.9. The van der Waals surface area contributed by atoms with Crippen LogP contribution in [0.15, 0.2) is 75.4 Å². The lowest BCUT2D eigenvalue weighted by Gasteiger charge is -2.10. The van der Waals surface area contributed by atoms with Gasteiger partial charge in [0.15, 0.2) is 0 Å². The number of aryl methyl sites for hydroxylation is 1. The minimum Gasteiger partial charge on any atom is -0.282 e. The zero-order chi connectivity index (χ0) is 20.7. The molecule has 0 saturated carbocycles. The smallest absolute Gasteiger partial charge is 0.282 e. The highest BCUT2D eigenvalue weighted by Gasteiger charge is 2.29. The zero-order valence-electron chi connectivity index (χ0n) is 14.3. The first-order valence-corrected chi connectivity index (χ1v) is 11.9. The van der Waals surface area contributed by atoms with E-state index in [4.69, 9.17) is 0 Å². The maximum atomic E-state index is 12.6. The predicted molar refractivity (Wildman–Crippen MR) is 100 cm³/mol. The maximum Gasteiger partial charge on any atom is 0.312 e. The lowest BCUT2D eigenvalue weighted by Crippen LogP contribution is -2.14. The predicted octanol–water partition coefficient (Wildman–Crippen LogP) is 2.49. The first kappa shape index (κ1) is 20.4. The SMILES string of the molecule is Cc1ccc(S(=O)(=O)OS(=O)(=O)c2cccc3c(S(=O)(=O)O)cccc23)cc1. The van der Waals surface area contributed by atoms with E-state index >= 15 is 0 Å². The Morgan fingerprint density at radius 1 is 0.679 bits per heavy atom. The van der Waals surface area contributed by atoms with Gasteiger partial charge >= 0.3 is 20.2 Å². The summed E-state index contributed by atoms with van der Waals surface area (Å²) >= 11 is 0. The third kappa shape index (κ3) is 3.93. The van der Waals surface area contributed by atoms with Crippen molar-refractivity contribution in [2.24, 2.45) is 0 Å². The average Bonchev–Trinajstić information content (AvgIpc) is 2.59. The third-order valence-electron chi connectivity index (χ3n) is 3.88. The maximum absolute atomic E-state index is 12.6. The number of rotatable bonds is 5. The van der Waals surface area contributed by atoms with Gasteiger partial charge in [-0.3, -0.25) is 4.55 Å². The van der Waals surface area contributed by atoms with Gasteiger partial charge in [0.25, 0.3) is 10.1 Å². The summed E-state index contributed by atoms with van der Waals surface area (Å²) in [4.78, 5) is -1.41. The fourth-order valence-corrected chi connectivity index (χ4v) is 6.01. The van der Waals surface area contributed by atoms with Crippen molar-refractivity contribution in [1.29, 1.82) is 0 Å². The molecule has 0 fully saturated rings. The summed E-state index contributed by atoms with van der Waals surface area (Å²) in [5.41, 5.74) is 0.772. The molecule has 148 valence electrons. The molecule has 0 aliphatic carbocycles. The van der Waals surface area contributed by atoms with Crippen LogP contribution < -0.4 is 0 Å². The standard InChI is InChI=1S/C17H14O8S3/c1-12-8-10-13(11-9-12)27(21,22)25-28(23,24)17-7-3-4-14-15(17)5-2-6-16(14)26(18,19)20/h2-11H,1H3,(H,18,19,20). The molecule has 0 unspecified atom stereocenters. The quantitative estimate of drug-likeness (QED) is 0.596. The average molecular weight is 442 g/mol. The molecule has 0 aliphatic heterocycles. The first-order chi connectivity index (χ1) is 12.9. The highest BCUT2D eigenvalue weighted by molar-refractivity contribution is 8.00. The number of fused-ring (bicyclic) bond motifs is 1. The zero-order valence-corrected chi connectivity index (χ0v) is 16.8. The second kappa shape index (κ2) is 6.94. The molecule has 0 atom stereocenters. The van der Waals surface area contributed by atoms with E-state index in [1.165, 1.54) is 48.5 Å². The normalized spacial score (nSPS) is 12.9. The van der Waals surface area contributed by atoms with Crippen molar-refractivity contribution in [1.82, 2.24) is 0 Å². The van der Waals surface area contributed by atoms with Crippen LogP contribution in [-0.4, -0.2) is 29.8 Å². The molecule has 8 nitrogen and oxygen atoms in total. The van der Waals surface area contributed by atoms with E-state index in [1.807, 2.05) is 0 Å². The van der Waals surface area contributed by atoms with Gasteiger partial charge in [0.05, 0.1) is 4.90 Å². The molecule has 0 amide bonds. The van der Waals surface area contributed by atoms with Crippen molar-refractivity contribution in [2.45, 2.75) is 21.6 Å². The Bertz CT molecular complexity index is 1370. The summed E-state index contributed by atoms with van der Waals surface area (Å²) in [6.07, 6.45) is 0. The van der Waals surface area contributed by atoms with Crippen LogP contribution in [0.3, 0.4) is 0 Å². The molecule has 3 aromatic rings. The van der Waals surface area contributed by atoms with E-state index < -0.39 is 40.1 Å². The molecule has 0 aliphatic rings. The summed E-state index contributed by atoms with van der Waals surface area (Å²) in [7, 11) is -14.1. The van der Waals surface area contributed by atoms with Gasteiger partial charge in [-0.15, -0.1) is 3.63 Å². The van der Waals surface area contributed by atoms with Gasteiger partial charge in [-0.1, -0.05) is 42.0 Å². The fourth-order valence-electron chi connectivity index (χ4n) is 2.59. The number of hydrogen-bond donors (Lipinski definition) is 1. The van der Waals surface area contributed by atoms with Crippen LogP contribution in [-0.2, 0) is 34.0 Å². The first-order valence-electron chi connectivity index (χ1n) is 7.69. The second-order valence-corrected chi connectivity index (χ2v) is 10.5. The molecule has 0 radical (unpaired) electrons.